The van der Waals surface area contributed by atoms with E-state index in [1.54, 1.807) is 6.20 Å². The molecular weight excluding hydrogens is 286 g/mol. The van der Waals surface area contributed by atoms with E-state index in [2.05, 4.69) is 27.3 Å². The number of nitrogens with zero attached hydrogens (tertiary/aromatic N) is 4. The second-order valence-electron chi connectivity index (χ2n) is 5.72. The molecular formula is C18H23N5. The Morgan fingerprint density at radius 3 is 2.83 bits per heavy atom. The molecule has 3 aromatic heterocycles. The van der Waals surface area contributed by atoms with Crippen LogP contribution in [0, 0.1) is 0 Å². The van der Waals surface area contributed by atoms with Crippen molar-refractivity contribution in [2.45, 2.75) is 45.6 Å². The third kappa shape index (κ3) is 4.06. The first kappa shape index (κ1) is 15.5. The summed E-state index contributed by atoms with van der Waals surface area (Å²) in [4.78, 5) is 8.75. The van der Waals surface area contributed by atoms with Crippen LogP contribution >= 0.6 is 0 Å². The first-order chi connectivity index (χ1) is 11.4. The van der Waals surface area contributed by atoms with Crippen LogP contribution in [0.1, 0.15) is 44.0 Å². The minimum Gasteiger partial charge on any atom is -0.363 e. The molecule has 0 aromatic carbocycles. The number of pyridine rings is 1. The topological polar surface area (TPSA) is 55.1 Å². The molecule has 23 heavy (non-hydrogen) atoms. The first-order valence-corrected chi connectivity index (χ1v) is 8.34. The Kier molecular flexibility index (Phi) is 5.19. The van der Waals surface area contributed by atoms with Gasteiger partial charge >= 0.3 is 0 Å². The lowest BCUT2D eigenvalue weighted by Gasteiger charge is -2.06. The van der Waals surface area contributed by atoms with Gasteiger partial charge in [0.15, 0.2) is 5.65 Å². The SMILES string of the molecule is CCCCCCc1cnc2ccc(NCc3ccccn3)nn12. The Morgan fingerprint density at radius 2 is 2.00 bits per heavy atom. The maximum Gasteiger partial charge on any atom is 0.153 e. The van der Waals surface area contributed by atoms with Crippen LogP contribution in [0.25, 0.3) is 5.65 Å². The molecule has 0 aliphatic rings. The van der Waals surface area contributed by atoms with Crippen LogP contribution in [-0.2, 0) is 13.0 Å². The largest absolute Gasteiger partial charge is 0.363 e. The summed E-state index contributed by atoms with van der Waals surface area (Å²) in [5.74, 6) is 0.843. The lowest BCUT2D eigenvalue weighted by molar-refractivity contribution is 0.652. The van der Waals surface area contributed by atoms with Gasteiger partial charge in [0.2, 0.25) is 0 Å². The number of rotatable bonds is 8. The van der Waals surface area contributed by atoms with Crippen molar-refractivity contribution in [2.24, 2.45) is 0 Å². The third-order valence-corrected chi connectivity index (χ3v) is 3.90. The Morgan fingerprint density at radius 1 is 1.04 bits per heavy atom. The molecule has 3 rings (SSSR count). The van der Waals surface area contributed by atoms with Gasteiger partial charge in [0, 0.05) is 6.20 Å². The number of imidazole rings is 1. The van der Waals surface area contributed by atoms with Gasteiger partial charge in [0.1, 0.15) is 5.82 Å². The number of hydrogen-bond donors (Lipinski definition) is 1. The van der Waals surface area contributed by atoms with Crippen molar-refractivity contribution >= 4 is 11.5 Å². The smallest absolute Gasteiger partial charge is 0.153 e. The standard InChI is InChI=1S/C18H23N5/c1-2-3-4-5-9-16-14-21-18-11-10-17(22-23(16)18)20-13-15-8-6-7-12-19-15/h6-8,10-12,14H,2-5,9,13H2,1H3,(H,20,22). The van der Waals surface area contributed by atoms with Gasteiger partial charge in [-0.2, -0.15) is 0 Å². The molecule has 120 valence electrons. The lowest BCUT2D eigenvalue weighted by Crippen LogP contribution is -2.06. The Balaban J connectivity index is 1.67. The van der Waals surface area contributed by atoms with E-state index in [9.17, 15) is 0 Å². The molecule has 3 aromatic rings. The number of fused-ring (bicyclic) bond motifs is 1. The van der Waals surface area contributed by atoms with Crippen LogP contribution < -0.4 is 5.32 Å². The molecule has 0 unspecified atom stereocenters. The molecule has 0 radical (unpaired) electrons. The van der Waals surface area contributed by atoms with Crippen molar-refractivity contribution in [1.82, 2.24) is 19.6 Å². The maximum atomic E-state index is 4.66. The minimum absolute atomic E-state index is 0.667. The summed E-state index contributed by atoms with van der Waals surface area (Å²) in [5, 5.41) is 7.99. The van der Waals surface area contributed by atoms with E-state index in [0.29, 0.717) is 6.54 Å². The molecule has 0 saturated carbocycles. The predicted octanol–water partition coefficient (Wildman–Crippen LogP) is 3.86. The molecule has 0 aliphatic heterocycles. The number of nitrogens with one attached hydrogen (secondary N) is 1. The van der Waals surface area contributed by atoms with E-state index >= 15 is 0 Å². The molecule has 0 aliphatic carbocycles. The summed E-state index contributed by atoms with van der Waals surface area (Å²) in [5.41, 5.74) is 3.08. The van der Waals surface area contributed by atoms with Crippen molar-refractivity contribution in [3.8, 4) is 0 Å². The van der Waals surface area contributed by atoms with Crippen LogP contribution in [0.5, 0.6) is 0 Å². The Hall–Kier alpha value is -2.43. The zero-order valence-corrected chi connectivity index (χ0v) is 13.6. The van der Waals surface area contributed by atoms with Crippen molar-refractivity contribution in [2.75, 3.05) is 5.32 Å². The van der Waals surface area contributed by atoms with Gasteiger partial charge in [-0.1, -0.05) is 32.3 Å². The summed E-state index contributed by atoms with van der Waals surface area (Å²) in [6, 6.07) is 9.88. The predicted molar refractivity (Wildman–Crippen MR) is 92.4 cm³/mol. The molecule has 0 atom stereocenters. The number of aromatic nitrogens is 4. The van der Waals surface area contributed by atoms with Gasteiger partial charge < -0.3 is 5.32 Å². The second kappa shape index (κ2) is 7.72. The van der Waals surface area contributed by atoms with Gasteiger partial charge in [-0.25, -0.2) is 9.50 Å². The summed E-state index contributed by atoms with van der Waals surface area (Å²) < 4.78 is 1.95. The van der Waals surface area contributed by atoms with Gasteiger partial charge in [-0.3, -0.25) is 4.98 Å². The summed E-state index contributed by atoms with van der Waals surface area (Å²) >= 11 is 0. The molecule has 0 spiro atoms. The van der Waals surface area contributed by atoms with Crippen molar-refractivity contribution < 1.29 is 0 Å². The highest BCUT2D eigenvalue weighted by Gasteiger charge is 2.06. The number of hydrogen-bond acceptors (Lipinski definition) is 4. The average molecular weight is 309 g/mol. The van der Waals surface area contributed by atoms with Crippen LogP contribution in [0.15, 0.2) is 42.7 Å². The zero-order valence-electron chi connectivity index (χ0n) is 13.6. The minimum atomic E-state index is 0.667. The highest BCUT2D eigenvalue weighted by molar-refractivity contribution is 5.45. The van der Waals surface area contributed by atoms with Crippen LogP contribution in [-0.4, -0.2) is 19.6 Å². The fraction of sp³-hybridized carbons (Fsp3) is 0.389. The quantitative estimate of drug-likeness (QED) is 0.642. The number of aryl methyl sites for hydroxylation is 1. The normalized spacial score (nSPS) is 11.0. The maximum absolute atomic E-state index is 4.66. The van der Waals surface area contributed by atoms with E-state index in [1.165, 1.54) is 31.4 Å². The number of unbranched alkanes of at least 4 members (excludes halogenated alkanes) is 3. The molecule has 0 fully saturated rings. The second-order valence-corrected chi connectivity index (χ2v) is 5.72. The fourth-order valence-corrected chi connectivity index (χ4v) is 2.60. The van der Waals surface area contributed by atoms with E-state index in [1.807, 2.05) is 41.0 Å². The Bertz CT molecular complexity index is 736. The van der Waals surface area contributed by atoms with Crippen molar-refractivity contribution in [3.05, 3.63) is 54.1 Å². The molecule has 5 heteroatoms. The summed E-state index contributed by atoms with van der Waals surface area (Å²) in [6.07, 6.45) is 9.77. The van der Waals surface area contributed by atoms with E-state index in [0.717, 1.165) is 23.6 Å². The fourth-order valence-electron chi connectivity index (χ4n) is 2.60. The van der Waals surface area contributed by atoms with Crippen molar-refractivity contribution in [1.29, 1.82) is 0 Å². The Labute approximate surface area is 136 Å². The molecule has 3 heterocycles. The third-order valence-electron chi connectivity index (χ3n) is 3.90. The van der Waals surface area contributed by atoms with Gasteiger partial charge in [-0.15, -0.1) is 5.10 Å². The van der Waals surface area contributed by atoms with Gasteiger partial charge in [0.05, 0.1) is 24.1 Å². The summed E-state index contributed by atoms with van der Waals surface area (Å²) in [7, 11) is 0. The molecule has 0 amide bonds. The highest BCUT2D eigenvalue weighted by Crippen LogP contribution is 2.13. The van der Waals surface area contributed by atoms with Crippen LogP contribution in [0.2, 0.25) is 0 Å². The molecule has 5 nitrogen and oxygen atoms in total. The molecule has 0 bridgehead atoms. The van der Waals surface area contributed by atoms with E-state index < -0.39 is 0 Å². The lowest BCUT2D eigenvalue weighted by atomic mass is 10.1. The zero-order chi connectivity index (χ0) is 15.9. The first-order valence-electron chi connectivity index (χ1n) is 8.34. The summed E-state index contributed by atoms with van der Waals surface area (Å²) in [6.45, 7) is 2.90. The van der Waals surface area contributed by atoms with Gasteiger partial charge in [0.25, 0.3) is 0 Å². The molecule has 1 N–H and O–H groups in total. The number of anilines is 1. The highest BCUT2D eigenvalue weighted by atomic mass is 15.3. The average Bonchev–Trinajstić information content (AvgIpc) is 3.00. The monoisotopic (exact) mass is 309 g/mol. The van der Waals surface area contributed by atoms with Crippen LogP contribution in [0.4, 0.5) is 5.82 Å². The van der Waals surface area contributed by atoms with E-state index in [-0.39, 0.29) is 0 Å². The van der Waals surface area contributed by atoms with Crippen LogP contribution in [0.3, 0.4) is 0 Å². The van der Waals surface area contributed by atoms with E-state index in [4.69, 9.17) is 0 Å². The molecule has 0 saturated heterocycles. The van der Waals surface area contributed by atoms with Crippen molar-refractivity contribution in [3.63, 3.8) is 0 Å². The van der Waals surface area contributed by atoms with Gasteiger partial charge in [-0.05, 0) is 37.1 Å².